The molecule has 1 N–H and O–H groups in total. The SMILES string of the molecule is C=C(C(=O)OC)C(O)Cc1ccccc1. The van der Waals surface area contributed by atoms with Gasteiger partial charge < -0.3 is 9.84 Å². The molecule has 0 aromatic heterocycles. The molecule has 0 heterocycles. The average Bonchev–Trinajstić information content (AvgIpc) is 2.28. The highest BCUT2D eigenvalue weighted by Crippen LogP contribution is 2.09. The molecule has 1 rings (SSSR count). The lowest BCUT2D eigenvalue weighted by Crippen LogP contribution is -2.20. The van der Waals surface area contributed by atoms with E-state index in [1.165, 1.54) is 7.11 Å². The van der Waals surface area contributed by atoms with Crippen LogP contribution in [0.15, 0.2) is 42.5 Å². The topological polar surface area (TPSA) is 46.5 Å². The van der Waals surface area contributed by atoms with Crippen LogP contribution in [0.5, 0.6) is 0 Å². The average molecular weight is 206 g/mol. The van der Waals surface area contributed by atoms with Crippen LogP contribution in [-0.4, -0.2) is 24.3 Å². The third-order valence-electron chi connectivity index (χ3n) is 2.12. The van der Waals surface area contributed by atoms with Crippen molar-refractivity contribution in [3.8, 4) is 0 Å². The van der Waals surface area contributed by atoms with E-state index in [0.29, 0.717) is 6.42 Å². The second-order valence-electron chi connectivity index (χ2n) is 3.22. The summed E-state index contributed by atoms with van der Waals surface area (Å²) in [6, 6.07) is 9.42. The Kier molecular flexibility index (Phi) is 4.06. The highest BCUT2D eigenvalue weighted by molar-refractivity contribution is 5.88. The molecule has 0 aliphatic rings. The highest BCUT2D eigenvalue weighted by atomic mass is 16.5. The number of ether oxygens (including phenoxy) is 1. The van der Waals surface area contributed by atoms with Gasteiger partial charge >= 0.3 is 5.97 Å². The number of aliphatic hydroxyl groups excluding tert-OH is 1. The van der Waals surface area contributed by atoms with Crippen molar-refractivity contribution >= 4 is 5.97 Å². The summed E-state index contributed by atoms with van der Waals surface area (Å²) in [5.41, 5.74) is 1.04. The van der Waals surface area contributed by atoms with E-state index < -0.39 is 12.1 Å². The quantitative estimate of drug-likeness (QED) is 0.597. The fraction of sp³-hybridized carbons (Fsp3) is 0.250. The zero-order chi connectivity index (χ0) is 11.3. The van der Waals surface area contributed by atoms with Gasteiger partial charge in [0.25, 0.3) is 0 Å². The lowest BCUT2D eigenvalue weighted by Gasteiger charge is -2.11. The van der Waals surface area contributed by atoms with Crippen molar-refractivity contribution < 1.29 is 14.6 Å². The lowest BCUT2D eigenvalue weighted by molar-refractivity contribution is -0.137. The van der Waals surface area contributed by atoms with E-state index in [1.807, 2.05) is 30.3 Å². The van der Waals surface area contributed by atoms with E-state index >= 15 is 0 Å². The first-order valence-corrected chi connectivity index (χ1v) is 4.64. The summed E-state index contributed by atoms with van der Waals surface area (Å²) >= 11 is 0. The van der Waals surface area contributed by atoms with Gasteiger partial charge in [-0.15, -0.1) is 0 Å². The van der Waals surface area contributed by atoms with E-state index in [0.717, 1.165) is 5.56 Å². The molecule has 1 aromatic carbocycles. The van der Waals surface area contributed by atoms with E-state index in [-0.39, 0.29) is 5.57 Å². The van der Waals surface area contributed by atoms with Crippen LogP contribution >= 0.6 is 0 Å². The smallest absolute Gasteiger partial charge is 0.335 e. The molecule has 1 atom stereocenters. The maximum atomic E-state index is 11.1. The van der Waals surface area contributed by atoms with Crippen molar-refractivity contribution in [2.24, 2.45) is 0 Å². The van der Waals surface area contributed by atoms with Crippen LogP contribution < -0.4 is 0 Å². The van der Waals surface area contributed by atoms with E-state index in [2.05, 4.69) is 11.3 Å². The molecule has 3 nitrogen and oxygen atoms in total. The van der Waals surface area contributed by atoms with Gasteiger partial charge in [0.1, 0.15) is 0 Å². The minimum absolute atomic E-state index is 0.0846. The van der Waals surface area contributed by atoms with Gasteiger partial charge in [-0.1, -0.05) is 36.9 Å². The molecule has 0 aliphatic carbocycles. The van der Waals surface area contributed by atoms with E-state index in [9.17, 15) is 9.90 Å². The van der Waals surface area contributed by atoms with Crippen LogP contribution in [0, 0.1) is 0 Å². The van der Waals surface area contributed by atoms with Crippen LogP contribution in [0.1, 0.15) is 5.56 Å². The lowest BCUT2D eigenvalue weighted by atomic mass is 10.0. The monoisotopic (exact) mass is 206 g/mol. The first-order chi connectivity index (χ1) is 7.15. The Morgan fingerprint density at radius 3 is 2.60 bits per heavy atom. The Hall–Kier alpha value is -1.61. The third kappa shape index (κ3) is 3.22. The van der Waals surface area contributed by atoms with Crippen molar-refractivity contribution in [1.29, 1.82) is 0 Å². The predicted molar refractivity (Wildman–Crippen MR) is 57.3 cm³/mol. The number of carbonyl (C=O) groups excluding carboxylic acids is 1. The van der Waals surface area contributed by atoms with Crippen molar-refractivity contribution in [2.75, 3.05) is 7.11 Å². The maximum absolute atomic E-state index is 11.1. The number of benzene rings is 1. The van der Waals surface area contributed by atoms with Gasteiger partial charge in [0.15, 0.2) is 0 Å². The molecular formula is C12H14O3. The number of hydrogen-bond acceptors (Lipinski definition) is 3. The van der Waals surface area contributed by atoms with Gasteiger partial charge in [-0.25, -0.2) is 4.79 Å². The van der Waals surface area contributed by atoms with Gasteiger partial charge in [-0.2, -0.15) is 0 Å². The number of methoxy groups -OCH3 is 1. The molecule has 0 saturated heterocycles. The molecule has 0 bridgehead atoms. The van der Waals surface area contributed by atoms with Crippen molar-refractivity contribution in [3.05, 3.63) is 48.0 Å². The normalized spacial score (nSPS) is 11.9. The van der Waals surface area contributed by atoms with Crippen LogP contribution in [0.2, 0.25) is 0 Å². The Bertz CT molecular complexity index is 343. The second-order valence-corrected chi connectivity index (χ2v) is 3.22. The number of hydrogen-bond donors (Lipinski definition) is 1. The molecule has 3 heteroatoms. The van der Waals surface area contributed by atoms with Crippen LogP contribution in [0.3, 0.4) is 0 Å². The standard InChI is InChI=1S/C12H14O3/c1-9(12(14)15-2)11(13)8-10-6-4-3-5-7-10/h3-7,11,13H,1,8H2,2H3. The molecule has 1 unspecified atom stereocenters. The van der Waals surface area contributed by atoms with Gasteiger partial charge in [-0.3, -0.25) is 0 Å². The third-order valence-corrected chi connectivity index (χ3v) is 2.12. The number of rotatable bonds is 4. The first kappa shape index (κ1) is 11.5. The Balaban J connectivity index is 2.60. The van der Waals surface area contributed by atoms with Gasteiger partial charge in [0.05, 0.1) is 18.8 Å². The summed E-state index contributed by atoms with van der Waals surface area (Å²) in [5, 5.41) is 9.67. The Morgan fingerprint density at radius 2 is 2.07 bits per heavy atom. The zero-order valence-corrected chi connectivity index (χ0v) is 8.64. The molecule has 0 aliphatic heterocycles. The molecule has 0 saturated carbocycles. The van der Waals surface area contributed by atoms with E-state index in [1.54, 1.807) is 0 Å². The van der Waals surface area contributed by atoms with Crippen LogP contribution in [0.4, 0.5) is 0 Å². The Labute approximate surface area is 89.0 Å². The van der Waals surface area contributed by atoms with Crippen LogP contribution in [0.25, 0.3) is 0 Å². The fourth-order valence-electron chi connectivity index (χ4n) is 1.23. The Morgan fingerprint density at radius 1 is 1.47 bits per heavy atom. The van der Waals surface area contributed by atoms with Crippen molar-refractivity contribution in [2.45, 2.75) is 12.5 Å². The van der Waals surface area contributed by atoms with Gasteiger partial charge in [0.2, 0.25) is 0 Å². The summed E-state index contributed by atoms with van der Waals surface area (Å²) in [6.45, 7) is 3.50. The second kappa shape index (κ2) is 5.32. The molecule has 80 valence electrons. The summed E-state index contributed by atoms with van der Waals surface area (Å²) in [4.78, 5) is 11.1. The zero-order valence-electron chi connectivity index (χ0n) is 8.64. The van der Waals surface area contributed by atoms with Gasteiger partial charge in [0, 0.05) is 6.42 Å². The maximum Gasteiger partial charge on any atom is 0.335 e. The number of carbonyl (C=O) groups is 1. The van der Waals surface area contributed by atoms with Crippen molar-refractivity contribution in [3.63, 3.8) is 0 Å². The predicted octanol–water partition coefficient (Wildman–Crippen LogP) is 1.32. The fourth-order valence-corrected chi connectivity index (χ4v) is 1.23. The molecule has 1 aromatic rings. The number of esters is 1. The van der Waals surface area contributed by atoms with E-state index in [4.69, 9.17) is 0 Å². The molecule has 15 heavy (non-hydrogen) atoms. The molecule has 0 fully saturated rings. The summed E-state index contributed by atoms with van der Waals surface area (Å²) < 4.78 is 4.47. The van der Waals surface area contributed by atoms with Gasteiger partial charge in [-0.05, 0) is 5.56 Å². The minimum atomic E-state index is -0.889. The largest absolute Gasteiger partial charge is 0.466 e. The first-order valence-electron chi connectivity index (χ1n) is 4.64. The molecular weight excluding hydrogens is 192 g/mol. The molecule has 0 radical (unpaired) electrons. The highest BCUT2D eigenvalue weighted by Gasteiger charge is 2.16. The molecule has 0 spiro atoms. The summed E-state index contributed by atoms with van der Waals surface area (Å²) in [5.74, 6) is -0.571. The summed E-state index contributed by atoms with van der Waals surface area (Å²) in [6.07, 6.45) is -0.519. The molecule has 0 amide bonds. The minimum Gasteiger partial charge on any atom is -0.466 e. The van der Waals surface area contributed by atoms with Crippen molar-refractivity contribution in [1.82, 2.24) is 0 Å². The van der Waals surface area contributed by atoms with Crippen LogP contribution in [-0.2, 0) is 16.0 Å². The summed E-state index contributed by atoms with van der Waals surface area (Å²) in [7, 11) is 1.27. The number of aliphatic hydroxyl groups is 1.